The summed E-state index contributed by atoms with van der Waals surface area (Å²) >= 11 is 0. The van der Waals surface area contributed by atoms with E-state index in [1.807, 2.05) is 0 Å². The highest BCUT2D eigenvalue weighted by molar-refractivity contribution is 5.82. The summed E-state index contributed by atoms with van der Waals surface area (Å²) in [5.41, 5.74) is 5.29. The monoisotopic (exact) mass is 261 g/mol. The molecule has 7 nitrogen and oxygen atoms in total. The van der Waals surface area contributed by atoms with Crippen molar-refractivity contribution in [3.05, 3.63) is 0 Å². The Morgan fingerprint density at radius 3 is 2.22 bits per heavy atom. The summed E-state index contributed by atoms with van der Waals surface area (Å²) in [6.07, 6.45) is 1.34. The van der Waals surface area contributed by atoms with E-state index in [0.29, 0.717) is 13.0 Å². The van der Waals surface area contributed by atoms with Crippen LogP contribution in [0.25, 0.3) is 0 Å². The van der Waals surface area contributed by atoms with Crippen LogP contribution < -0.4 is 5.73 Å². The molecule has 1 atom stereocenters. The van der Waals surface area contributed by atoms with Gasteiger partial charge >= 0.3 is 17.9 Å². The zero-order valence-corrected chi connectivity index (χ0v) is 10.1. The minimum absolute atomic E-state index is 0.207. The van der Waals surface area contributed by atoms with Crippen molar-refractivity contribution in [2.45, 2.75) is 32.1 Å². The number of hydrogen-bond acceptors (Lipinski definition) is 5. The molecule has 0 aromatic rings. The molecule has 0 fully saturated rings. The van der Waals surface area contributed by atoms with Crippen LogP contribution in [0.2, 0.25) is 0 Å². The van der Waals surface area contributed by atoms with Gasteiger partial charge in [0, 0.05) is 0 Å². The van der Waals surface area contributed by atoms with Crippen LogP contribution in [0.3, 0.4) is 0 Å². The van der Waals surface area contributed by atoms with Gasteiger partial charge in [0.15, 0.2) is 0 Å². The maximum Gasteiger partial charge on any atom is 0.307 e. The summed E-state index contributed by atoms with van der Waals surface area (Å²) in [7, 11) is 0. The van der Waals surface area contributed by atoms with Crippen LogP contribution in [0.5, 0.6) is 0 Å². The van der Waals surface area contributed by atoms with E-state index in [0.717, 1.165) is 12.8 Å². The quantitative estimate of drug-likeness (QED) is 0.379. The van der Waals surface area contributed by atoms with Gasteiger partial charge in [-0.15, -0.1) is 0 Å². The Morgan fingerprint density at radius 2 is 1.72 bits per heavy atom. The Labute approximate surface area is 105 Å². The molecule has 0 aromatic carbocycles. The number of nitrogens with two attached hydrogens (primary N) is 1. The van der Waals surface area contributed by atoms with E-state index in [1.54, 1.807) is 0 Å². The van der Waals surface area contributed by atoms with Crippen molar-refractivity contribution in [3.8, 4) is 0 Å². The molecule has 4 N–H and O–H groups in total. The Bertz CT molecular complexity index is 291. The van der Waals surface area contributed by atoms with Gasteiger partial charge in [0.1, 0.15) is 0 Å². The highest BCUT2D eigenvalue weighted by atomic mass is 16.5. The third kappa shape index (κ3) is 8.51. The number of esters is 1. The highest BCUT2D eigenvalue weighted by Gasteiger charge is 2.24. The first-order valence-corrected chi connectivity index (χ1v) is 5.77. The highest BCUT2D eigenvalue weighted by Crippen LogP contribution is 2.10. The number of rotatable bonds is 10. The van der Waals surface area contributed by atoms with Crippen molar-refractivity contribution in [2.24, 2.45) is 11.7 Å². The number of ether oxygens (including phenoxy) is 1. The lowest BCUT2D eigenvalue weighted by atomic mass is 10.0. The van der Waals surface area contributed by atoms with Crippen molar-refractivity contribution in [3.63, 3.8) is 0 Å². The molecule has 0 heterocycles. The molecule has 0 rings (SSSR count). The van der Waals surface area contributed by atoms with E-state index in [9.17, 15) is 14.4 Å². The number of carboxylic acids is 2. The second kappa shape index (κ2) is 9.41. The molecular formula is C11H19NO6. The SMILES string of the molecule is NCCCCCOC(=O)C[C@@H](CC(=O)O)C(=O)O. The van der Waals surface area contributed by atoms with E-state index in [1.165, 1.54) is 0 Å². The van der Waals surface area contributed by atoms with Crippen molar-refractivity contribution in [1.29, 1.82) is 0 Å². The van der Waals surface area contributed by atoms with E-state index in [4.69, 9.17) is 20.7 Å². The summed E-state index contributed by atoms with van der Waals surface area (Å²) in [5, 5.41) is 17.2. The third-order valence-electron chi connectivity index (χ3n) is 2.29. The zero-order chi connectivity index (χ0) is 14.0. The van der Waals surface area contributed by atoms with Crippen LogP contribution in [0, 0.1) is 5.92 Å². The van der Waals surface area contributed by atoms with Crippen molar-refractivity contribution < 1.29 is 29.3 Å². The first kappa shape index (κ1) is 16.4. The fraction of sp³-hybridized carbons (Fsp3) is 0.727. The maximum atomic E-state index is 11.3. The lowest BCUT2D eigenvalue weighted by Gasteiger charge is -2.09. The molecule has 0 aliphatic carbocycles. The summed E-state index contributed by atoms with van der Waals surface area (Å²) in [5.74, 6) is -4.48. The summed E-state index contributed by atoms with van der Waals surface area (Å²) in [4.78, 5) is 32.4. The molecular weight excluding hydrogens is 242 g/mol. The molecule has 0 aromatic heterocycles. The van der Waals surface area contributed by atoms with Gasteiger partial charge in [-0.2, -0.15) is 0 Å². The number of carbonyl (C=O) groups is 3. The van der Waals surface area contributed by atoms with Gasteiger partial charge in [-0.3, -0.25) is 14.4 Å². The molecule has 0 saturated carbocycles. The summed E-state index contributed by atoms with van der Waals surface area (Å²) < 4.78 is 4.81. The van der Waals surface area contributed by atoms with Gasteiger partial charge < -0.3 is 20.7 Å². The van der Waals surface area contributed by atoms with Gasteiger partial charge in [-0.1, -0.05) is 0 Å². The fourth-order valence-electron chi connectivity index (χ4n) is 1.33. The van der Waals surface area contributed by atoms with Crippen molar-refractivity contribution >= 4 is 17.9 Å². The molecule has 0 unspecified atom stereocenters. The van der Waals surface area contributed by atoms with Gasteiger partial charge in [0.2, 0.25) is 0 Å². The van der Waals surface area contributed by atoms with Crippen LogP contribution in [0.4, 0.5) is 0 Å². The van der Waals surface area contributed by atoms with Gasteiger partial charge in [-0.05, 0) is 25.8 Å². The predicted molar refractivity (Wildman–Crippen MR) is 61.9 cm³/mol. The van der Waals surface area contributed by atoms with Crippen LogP contribution in [0.1, 0.15) is 32.1 Å². The molecule has 0 bridgehead atoms. The van der Waals surface area contributed by atoms with Gasteiger partial charge in [0.05, 0.1) is 25.4 Å². The first-order valence-electron chi connectivity index (χ1n) is 5.77. The number of aliphatic carboxylic acids is 2. The maximum absolute atomic E-state index is 11.3. The van der Waals surface area contributed by atoms with E-state index >= 15 is 0 Å². The Kier molecular flexibility index (Phi) is 8.55. The minimum atomic E-state index is -1.31. The molecule has 104 valence electrons. The van der Waals surface area contributed by atoms with Crippen LogP contribution in [-0.4, -0.2) is 41.3 Å². The first-order chi connectivity index (χ1) is 8.47. The predicted octanol–water partition coefficient (Wildman–Crippen LogP) is 0.224. The lowest BCUT2D eigenvalue weighted by Crippen LogP contribution is -2.22. The Hall–Kier alpha value is -1.63. The van der Waals surface area contributed by atoms with Gasteiger partial charge in [0.25, 0.3) is 0 Å². The third-order valence-corrected chi connectivity index (χ3v) is 2.29. The average molecular weight is 261 g/mol. The largest absolute Gasteiger partial charge is 0.481 e. The summed E-state index contributed by atoms with van der Waals surface area (Å²) in [6, 6.07) is 0. The van der Waals surface area contributed by atoms with Crippen molar-refractivity contribution in [1.82, 2.24) is 0 Å². The van der Waals surface area contributed by atoms with Crippen molar-refractivity contribution in [2.75, 3.05) is 13.2 Å². The van der Waals surface area contributed by atoms with Gasteiger partial charge in [-0.25, -0.2) is 0 Å². The van der Waals surface area contributed by atoms with Crippen LogP contribution >= 0.6 is 0 Å². The smallest absolute Gasteiger partial charge is 0.307 e. The second-order valence-corrected chi connectivity index (χ2v) is 3.91. The zero-order valence-electron chi connectivity index (χ0n) is 10.1. The molecule has 0 saturated heterocycles. The number of hydrogen-bond donors (Lipinski definition) is 3. The molecule has 18 heavy (non-hydrogen) atoms. The fourth-order valence-corrected chi connectivity index (χ4v) is 1.33. The molecule has 0 aliphatic heterocycles. The number of unbranched alkanes of at least 4 members (excludes halogenated alkanes) is 2. The average Bonchev–Trinajstić information content (AvgIpc) is 2.27. The standard InChI is InChI=1S/C11H19NO6/c12-4-2-1-3-5-18-10(15)7-8(11(16)17)6-9(13)14/h8H,1-7,12H2,(H,13,14)(H,16,17)/t8-/m1/s1. The van der Waals surface area contributed by atoms with Crippen LogP contribution in [-0.2, 0) is 19.1 Å². The molecule has 0 radical (unpaired) electrons. The second-order valence-electron chi connectivity index (χ2n) is 3.91. The molecule has 0 spiro atoms. The lowest BCUT2D eigenvalue weighted by molar-refractivity contribution is -0.154. The minimum Gasteiger partial charge on any atom is -0.481 e. The van der Waals surface area contributed by atoms with E-state index < -0.39 is 36.7 Å². The normalized spacial score (nSPS) is 11.8. The summed E-state index contributed by atoms with van der Waals surface area (Å²) in [6.45, 7) is 0.784. The Balaban J connectivity index is 3.88. The van der Waals surface area contributed by atoms with E-state index in [-0.39, 0.29) is 6.61 Å². The Morgan fingerprint density at radius 1 is 1.06 bits per heavy atom. The molecule has 7 heteroatoms. The topological polar surface area (TPSA) is 127 Å². The number of carbonyl (C=O) groups excluding carboxylic acids is 1. The van der Waals surface area contributed by atoms with E-state index in [2.05, 4.69) is 0 Å². The van der Waals surface area contributed by atoms with Crippen LogP contribution in [0.15, 0.2) is 0 Å². The molecule has 0 aliphatic rings. The molecule has 0 amide bonds. The number of carboxylic acid groups (broad SMARTS) is 2.